The number of halogens is 1. The van der Waals surface area contributed by atoms with Gasteiger partial charge in [-0.15, -0.1) is 0 Å². The van der Waals surface area contributed by atoms with E-state index in [4.69, 9.17) is 20.9 Å². The number of rotatable bonds is 7. The number of nitrogens with zero attached hydrogens (tertiary/aromatic N) is 2. The summed E-state index contributed by atoms with van der Waals surface area (Å²) in [5, 5.41) is 7.36. The highest BCUT2D eigenvalue weighted by Crippen LogP contribution is 2.29. The Kier molecular flexibility index (Phi) is 6.06. The third kappa shape index (κ3) is 4.85. The highest BCUT2D eigenvalue weighted by atomic mass is 35.5. The average Bonchev–Trinajstić information content (AvgIpc) is 3.24. The van der Waals surface area contributed by atoms with Crippen molar-refractivity contribution in [2.75, 3.05) is 5.32 Å². The van der Waals surface area contributed by atoms with Crippen molar-refractivity contribution in [3.63, 3.8) is 0 Å². The first-order valence-electron chi connectivity index (χ1n) is 9.38. The summed E-state index contributed by atoms with van der Waals surface area (Å²) in [7, 11) is 0. The molecule has 0 aliphatic rings. The standard InChI is InChI=1S/C23H18ClN3O3/c24-18-11-5-4-10-17(18)23-26-22(30-27-23)15-14-21(28)25-19-12-6-7-13-20(19)29-16-8-2-1-3-9-16/h1-13H,14-15H2,(H,25,28). The molecule has 0 unspecified atom stereocenters. The number of ether oxygens (including phenoxy) is 1. The van der Waals surface area contributed by atoms with Gasteiger partial charge in [0.05, 0.1) is 10.7 Å². The molecular formula is C23H18ClN3O3. The fraction of sp³-hybridized carbons (Fsp3) is 0.0870. The molecule has 150 valence electrons. The zero-order valence-corrected chi connectivity index (χ0v) is 16.7. The van der Waals surface area contributed by atoms with Crippen LogP contribution in [0.25, 0.3) is 11.4 Å². The Labute approximate surface area is 178 Å². The molecule has 0 saturated carbocycles. The lowest BCUT2D eigenvalue weighted by molar-refractivity contribution is -0.116. The Morgan fingerprint density at radius 1 is 0.967 bits per heavy atom. The summed E-state index contributed by atoms with van der Waals surface area (Å²) in [5.41, 5.74) is 1.28. The topological polar surface area (TPSA) is 77.2 Å². The van der Waals surface area contributed by atoms with E-state index in [1.807, 2.05) is 60.7 Å². The summed E-state index contributed by atoms with van der Waals surface area (Å²) in [5.74, 6) is 1.84. The van der Waals surface area contributed by atoms with Crippen molar-refractivity contribution in [3.05, 3.63) is 89.8 Å². The number of amides is 1. The molecule has 0 bridgehead atoms. The van der Waals surface area contributed by atoms with Gasteiger partial charge in [-0.05, 0) is 36.4 Å². The summed E-state index contributed by atoms with van der Waals surface area (Å²) in [6, 6.07) is 23.9. The number of anilines is 1. The van der Waals surface area contributed by atoms with Crippen molar-refractivity contribution in [2.24, 2.45) is 0 Å². The number of para-hydroxylation sites is 3. The molecule has 1 aromatic heterocycles. The number of carbonyl (C=O) groups is 1. The van der Waals surface area contributed by atoms with Crippen LogP contribution in [0.3, 0.4) is 0 Å². The molecule has 0 saturated heterocycles. The Balaban J connectivity index is 1.38. The molecule has 1 amide bonds. The average molecular weight is 420 g/mol. The molecule has 3 aromatic carbocycles. The molecule has 0 aliphatic carbocycles. The van der Waals surface area contributed by atoms with E-state index in [-0.39, 0.29) is 12.3 Å². The zero-order valence-electron chi connectivity index (χ0n) is 15.9. The van der Waals surface area contributed by atoms with Crippen LogP contribution in [0.15, 0.2) is 83.4 Å². The maximum Gasteiger partial charge on any atom is 0.227 e. The molecule has 30 heavy (non-hydrogen) atoms. The molecule has 7 heteroatoms. The minimum atomic E-state index is -0.184. The van der Waals surface area contributed by atoms with Gasteiger partial charge in [-0.25, -0.2) is 0 Å². The van der Waals surface area contributed by atoms with E-state index in [1.54, 1.807) is 18.2 Å². The Hall–Kier alpha value is -3.64. The summed E-state index contributed by atoms with van der Waals surface area (Å²) in [6.45, 7) is 0. The quantitative estimate of drug-likeness (QED) is 0.412. The Bertz CT molecular complexity index is 1150. The lowest BCUT2D eigenvalue weighted by Gasteiger charge is -2.11. The van der Waals surface area contributed by atoms with Crippen molar-refractivity contribution in [1.82, 2.24) is 10.1 Å². The molecule has 0 fully saturated rings. The largest absolute Gasteiger partial charge is 0.455 e. The van der Waals surface area contributed by atoms with Gasteiger partial charge in [0.1, 0.15) is 5.75 Å². The molecular weight excluding hydrogens is 402 g/mol. The lowest BCUT2D eigenvalue weighted by atomic mass is 10.2. The highest BCUT2D eigenvalue weighted by Gasteiger charge is 2.14. The van der Waals surface area contributed by atoms with E-state index < -0.39 is 0 Å². The van der Waals surface area contributed by atoms with Gasteiger partial charge in [0, 0.05) is 18.4 Å². The SMILES string of the molecule is O=C(CCc1nc(-c2ccccc2Cl)no1)Nc1ccccc1Oc1ccccc1. The number of hydrogen-bond donors (Lipinski definition) is 1. The Morgan fingerprint density at radius 2 is 1.70 bits per heavy atom. The van der Waals surface area contributed by atoms with Gasteiger partial charge in [0.2, 0.25) is 17.6 Å². The van der Waals surface area contributed by atoms with Crippen LogP contribution in [-0.4, -0.2) is 16.0 Å². The predicted octanol–water partition coefficient (Wildman–Crippen LogP) is 5.75. The summed E-state index contributed by atoms with van der Waals surface area (Å²) in [6.07, 6.45) is 0.495. The maximum absolute atomic E-state index is 12.4. The monoisotopic (exact) mass is 419 g/mol. The zero-order chi connectivity index (χ0) is 20.8. The van der Waals surface area contributed by atoms with Crippen molar-refractivity contribution in [1.29, 1.82) is 0 Å². The number of nitrogens with one attached hydrogen (secondary N) is 1. The summed E-state index contributed by atoms with van der Waals surface area (Å²) >= 11 is 6.16. The first-order chi connectivity index (χ1) is 14.7. The normalized spacial score (nSPS) is 10.6. The molecule has 0 aliphatic heterocycles. The molecule has 4 rings (SSSR count). The number of benzene rings is 3. The fourth-order valence-corrected chi connectivity index (χ4v) is 3.04. The van der Waals surface area contributed by atoms with E-state index in [9.17, 15) is 4.79 Å². The third-order valence-corrected chi connectivity index (χ3v) is 4.61. The van der Waals surface area contributed by atoms with Crippen molar-refractivity contribution in [2.45, 2.75) is 12.8 Å². The van der Waals surface area contributed by atoms with Gasteiger partial charge in [0.15, 0.2) is 5.75 Å². The van der Waals surface area contributed by atoms with E-state index in [0.29, 0.717) is 45.9 Å². The molecule has 1 heterocycles. The van der Waals surface area contributed by atoms with Gasteiger partial charge >= 0.3 is 0 Å². The van der Waals surface area contributed by atoms with Gasteiger partial charge in [-0.3, -0.25) is 4.79 Å². The van der Waals surface area contributed by atoms with Crippen molar-refractivity contribution in [3.8, 4) is 22.9 Å². The minimum Gasteiger partial charge on any atom is -0.455 e. The predicted molar refractivity (Wildman–Crippen MR) is 115 cm³/mol. The highest BCUT2D eigenvalue weighted by molar-refractivity contribution is 6.33. The minimum absolute atomic E-state index is 0.184. The van der Waals surface area contributed by atoms with E-state index >= 15 is 0 Å². The number of aromatic nitrogens is 2. The second-order valence-corrected chi connectivity index (χ2v) is 6.86. The fourth-order valence-electron chi connectivity index (χ4n) is 2.82. The van der Waals surface area contributed by atoms with E-state index in [0.717, 1.165) is 0 Å². The van der Waals surface area contributed by atoms with Crippen LogP contribution in [0.1, 0.15) is 12.3 Å². The van der Waals surface area contributed by atoms with Gasteiger partial charge < -0.3 is 14.6 Å². The van der Waals surface area contributed by atoms with Crippen LogP contribution < -0.4 is 10.1 Å². The van der Waals surface area contributed by atoms with Gasteiger partial charge in [-0.1, -0.05) is 59.2 Å². The van der Waals surface area contributed by atoms with Crippen LogP contribution in [0, 0.1) is 0 Å². The second kappa shape index (κ2) is 9.24. The van der Waals surface area contributed by atoms with E-state index in [1.165, 1.54) is 0 Å². The summed E-state index contributed by atoms with van der Waals surface area (Å²) < 4.78 is 11.1. The lowest BCUT2D eigenvalue weighted by Crippen LogP contribution is -2.13. The number of hydrogen-bond acceptors (Lipinski definition) is 5. The third-order valence-electron chi connectivity index (χ3n) is 4.28. The Morgan fingerprint density at radius 3 is 2.53 bits per heavy atom. The number of carbonyl (C=O) groups excluding carboxylic acids is 1. The smallest absolute Gasteiger partial charge is 0.227 e. The van der Waals surface area contributed by atoms with Crippen LogP contribution in [0.5, 0.6) is 11.5 Å². The first-order valence-corrected chi connectivity index (χ1v) is 9.76. The number of aryl methyl sites for hydroxylation is 1. The summed E-state index contributed by atoms with van der Waals surface area (Å²) in [4.78, 5) is 16.8. The molecule has 4 aromatic rings. The van der Waals surface area contributed by atoms with Crippen LogP contribution in [-0.2, 0) is 11.2 Å². The van der Waals surface area contributed by atoms with Crippen LogP contribution >= 0.6 is 11.6 Å². The molecule has 0 atom stereocenters. The van der Waals surface area contributed by atoms with E-state index in [2.05, 4.69) is 15.5 Å². The van der Waals surface area contributed by atoms with Crippen LogP contribution in [0.2, 0.25) is 5.02 Å². The van der Waals surface area contributed by atoms with Crippen molar-refractivity contribution >= 4 is 23.2 Å². The molecule has 0 spiro atoms. The maximum atomic E-state index is 12.4. The van der Waals surface area contributed by atoms with Gasteiger partial charge in [0.25, 0.3) is 0 Å². The molecule has 1 N–H and O–H groups in total. The van der Waals surface area contributed by atoms with Crippen molar-refractivity contribution < 1.29 is 14.1 Å². The van der Waals surface area contributed by atoms with Gasteiger partial charge in [-0.2, -0.15) is 4.98 Å². The van der Waals surface area contributed by atoms with Crippen LogP contribution in [0.4, 0.5) is 5.69 Å². The molecule has 0 radical (unpaired) electrons. The first kappa shape index (κ1) is 19.7. The molecule has 6 nitrogen and oxygen atoms in total. The second-order valence-electron chi connectivity index (χ2n) is 6.45.